The van der Waals surface area contributed by atoms with Crippen LogP contribution in [-0.4, -0.2) is 12.6 Å². The van der Waals surface area contributed by atoms with Gasteiger partial charge in [-0.15, -0.1) is 0 Å². The Labute approximate surface area is 130 Å². The van der Waals surface area contributed by atoms with Crippen LogP contribution in [0.25, 0.3) is 0 Å². The highest BCUT2D eigenvalue weighted by Crippen LogP contribution is 2.29. The third kappa shape index (κ3) is 4.58. The Balaban J connectivity index is 2.31. The molecule has 2 aromatic rings. The van der Waals surface area contributed by atoms with Crippen LogP contribution in [0.1, 0.15) is 16.7 Å². The Bertz CT molecular complexity index is 772. The van der Waals surface area contributed by atoms with Crippen LogP contribution in [0.15, 0.2) is 48.5 Å². The maximum atomic E-state index is 12.6. The number of halogens is 4. The molecule has 2 aromatic carbocycles. The quantitative estimate of drug-likeness (QED) is 0.657. The van der Waals surface area contributed by atoms with E-state index in [-0.39, 0.29) is 5.56 Å². The van der Waals surface area contributed by atoms with Gasteiger partial charge in [0, 0.05) is 11.1 Å². The number of carbonyl (C=O) groups excluding carboxylic acids is 1. The molecule has 0 aliphatic rings. The minimum atomic E-state index is -4.44. The van der Waals surface area contributed by atoms with Crippen LogP contribution in [-0.2, 0) is 11.0 Å². The lowest BCUT2D eigenvalue weighted by atomic mass is 10.1. The molecule has 0 saturated carbocycles. The molecule has 0 atom stereocenters. The van der Waals surface area contributed by atoms with Gasteiger partial charge in [0.05, 0.1) is 11.3 Å². The molecule has 0 spiro atoms. The molecule has 0 fully saturated rings. The Hall–Kier alpha value is -2.81. The topological polar surface area (TPSA) is 29.1 Å². The van der Waals surface area contributed by atoms with Crippen molar-refractivity contribution in [3.05, 3.63) is 65.2 Å². The number of alkyl halides is 4. The molecule has 1 amide bonds. The van der Waals surface area contributed by atoms with E-state index in [1.807, 2.05) is 0 Å². The molecule has 1 N–H and O–H groups in total. The molecular weight excluding hydrogens is 310 g/mol. The average Bonchev–Trinajstić information content (AvgIpc) is 2.53. The van der Waals surface area contributed by atoms with Crippen molar-refractivity contribution in [3.63, 3.8) is 0 Å². The van der Waals surface area contributed by atoms with Gasteiger partial charge in [-0.1, -0.05) is 30.0 Å². The van der Waals surface area contributed by atoms with E-state index in [0.29, 0.717) is 11.3 Å². The lowest BCUT2D eigenvalue weighted by molar-refractivity contribution is -0.137. The van der Waals surface area contributed by atoms with Crippen molar-refractivity contribution in [2.45, 2.75) is 6.18 Å². The van der Waals surface area contributed by atoms with Crippen molar-refractivity contribution in [2.24, 2.45) is 0 Å². The number of carbonyl (C=O) groups is 1. The monoisotopic (exact) mass is 321 g/mol. The number of hydrogen-bond acceptors (Lipinski definition) is 1. The van der Waals surface area contributed by atoms with Crippen molar-refractivity contribution >= 4 is 11.6 Å². The first-order valence-electron chi connectivity index (χ1n) is 6.54. The molecule has 6 heteroatoms. The summed E-state index contributed by atoms with van der Waals surface area (Å²) in [7, 11) is 0. The molecule has 0 aliphatic heterocycles. The van der Waals surface area contributed by atoms with Crippen LogP contribution >= 0.6 is 0 Å². The van der Waals surface area contributed by atoms with Crippen molar-refractivity contribution < 1.29 is 22.4 Å². The van der Waals surface area contributed by atoms with Gasteiger partial charge in [-0.05, 0) is 30.3 Å². The Morgan fingerprint density at radius 3 is 2.48 bits per heavy atom. The standard InChI is InChI=1S/C17H11F4NO/c18-11-16(23)22-15-7-2-1-5-13(15)9-8-12-4-3-6-14(10-12)17(19,20)21/h1-7,10H,11H2,(H,22,23). The summed E-state index contributed by atoms with van der Waals surface area (Å²) in [5.74, 6) is 4.47. The fourth-order valence-corrected chi connectivity index (χ4v) is 1.80. The summed E-state index contributed by atoms with van der Waals surface area (Å²) in [4.78, 5) is 11.1. The van der Waals surface area contributed by atoms with Crippen LogP contribution in [0, 0.1) is 11.8 Å². The zero-order valence-electron chi connectivity index (χ0n) is 11.7. The van der Waals surface area contributed by atoms with Crippen molar-refractivity contribution in [1.29, 1.82) is 0 Å². The van der Waals surface area contributed by atoms with Gasteiger partial charge in [0.25, 0.3) is 5.91 Å². The van der Waals surface area contributed by atoms with Gasteiger partial charge in [0.1, 0.15) is 0 Å². The number of anilines is 1. The Morgan fingerprint density at radius 2 is 1.78 bits per heavy atom. The molecule has 23 heavy (non-hydrogen) atoms. The van der Waals surface area contributed by atoms with Crippen LogP contribution in [0.2, 0.25) is 0 Å². The van der Waals surface area contributed by atoms with Gasteiger partial charge in [-0.2, -0.15) is 13.2 Å². The van der Waals surface area contributed by atoms with Crippen molar-refractivity contribution in [3.8, 4) is 11.8 Å². The minimum absolute atomic E-state index is 0.187. The highest BCUT2D eigenvalue weighted by molar-refractivity contribution is 5.93. The first-order chi connectivity index (χ1) is 10.9. The molecule has 0 bridgehead atoms. The van der Waals surface area contributed by atoms with E-state index in [1.54, 1.807) is 18.2 Å². The highest BCUT2D eigenvalue weighted by Gasteiger charge is 2.30. The zero-order valence-corrected chi connectivity index (χ0v) is 11.7. The van der Waals surface area contributed by atoms with E-state index < -0.39 is 24.3 Å². The lowest BCUT2D eigenvalue weighted by Gasteiger charge is -2.06. The third-order valence-electron chi connectivity index (χ3n) is 2.85. The maximum absolute atomic E-state index is 12.6. The summed E-state index contributed by atoms with van der Waals surface area (Å²) in [5.41, 5.74) is 0.0797. The van der Waals surface area contributed by atoms with E-state index in [1.165, 1.54) is 18.2 Å². The number of benzene rings is 2. The number of amides is 1. The van der Waals surface area contributed by atoms with E-state index in [0.717, 1.165) is 12.1 Å². The fraction of sp³-hybridized carbons (Fsp3) is 0.118. The van der Waals surface area contributed by atoms with E-state index in [4.69, 9.17) is 0 Å². The predicted molar refractivity (Wildman–Crippen MR) is 78.5 cm³/mol. The lowest BCUT2D eigenvalue weighted by Crippen LogP contribution is -2.13. The fourth-order valence-electron chi connectivity index (χ4n) is 1.80. The van der Waals surface area contributed by atoms with E-state index >= 15 is 0 Å². The first-order valence-corrected chi connectivity index (χ1v) is 6.54. The van der Waals surface area contributed by atoms with E-state index in [9.17, 15) is 22.4 Å². The molecule has 0 aliphatic carbocycles. The second kappa shape index (κ2) is 6.97. The predicted octanol–water partition coefficient (Wildman–Crippen LogP) is 4.01. The van der Waals surface area contributed by atoms with Crippen molar-refractivity contribution in [2.75, 3.05) is 12.0 Å². The maximum Gasteiger partial charge on any atom is 0.416 e. The van der Waals surface area contributed by atoms with Gasteiger partial charge >= 0.3 is 6.18 Å². The number of para-hydroxylation sites is 1. The normalized spacial score (nSPS) is 10.6. The SMILES string of the molecule is O=C(CF)Nc1ccccc1C#Cc1cccc(C(F)(F)F)c1. The molecular formula is C17H11F4NO. The molecule has 0 radical (unpaired) electrons. The third-order valence-corrected chi connectivity index (χ3v) is 2.85. The molecule has 0 saturated heterocycles. The molecule has 0 unspecified atom stereocenters. The summed E-state index contributed by atoms with van der Waals surface area (Å²) in [6, 6.07) is 11.0. The Kier molecular flexibility index (Phi) is 5.02. The van der Waals surface area contributed by atoms with Crippen LogP contribution < -0.4 is 5.32 Å². The highest BCUT2D eigenvalue weighted by atomic mass is 19.4. The van der Waals surface area contributed by atoms with Gasteiger partial charge in [0.2, 0.25) is 0 Å². The summed E-state index contributed by atoms with van der Waals surface area (Å²) < 4.78 is 50.2. The minimum Gasteiger partial charge on any atom is -0.323 e. The first kappa shape index (κ1) is 16.6. The second-order valence-electron chi connectivity index (χ2n) is 4.56. The largest absolute Gasteiger partial charge is 0.416 e. The number of rotatable bonds is 2. The second-order valence-corrected chi connectivity index (χ2v) is 4.56. The molecule has 2 nitrogen and oxygen atoms in total. The van der Waals surface area contributed by atoms with Crippen molar-refractivity contribution in [1.82, 2.24) is 0 Å². The zero-order chi connectivity index (χ0) is 16.9. The number of hydrogen-bond donors (Lipinski definition) is 1. The van der Waals surface area contributed by atoms with Crippen LogP contribution in [0.5, 0.6) is 0 Å². The van der Waals surface area contributed by atoms with Gasteiger partial charge in [0.15, 0.2) is 6.67 Å². The van der Waals surface area contributed by atoms with Gasteiger partial charge in [-0.3, -0.25) is 4.79 Å². The van der Waals surface area contributed by atoms with E-state index in [2.05, 4.69) is 17.2 Å². The summed E-state index contributed by atoms with van der Waals surface area (Å²) in [5, 5.41) is 2.34. The summed E-state index contributed by atoms with van der Waals surface area (Å²) in [6.45, 7) is -1.17. The van der Waals surface area contributed by atoms with Crippen LogP contribution in [0.3, 0.4) is 0 Å². The summed E-state index contributed by atoms with van der Waals surface area (Å²) >= 11 is 0. The summed E-state index contributed by atoms with van der Waals surface area (Å²) in [6.07, 6.45) is -4.44. The smallest absolute Gasteiger partial charge is 0.323 e. The van der Waals surface area contributed by atoms with Gasteiger partial charge < -0.3 is 5.32 Å². The Morgan fingerprint density at radius 1 is 1.04 bits per heavy atom. The van der Waals surface area contributed by atoms with Gasteiger partial charge in [-0.25, -0.2) is 4.39 Å². The number of nitrogens with one attached hydrogen (secondary N) is 1. The average molecular weight is 321 g/mol. The molecule has 0 heterocycles. The molecule has 0 aromatic heterocycles. The van der Waals surface area contributed by atoms with Crippen LogP contribution in [0.4, 0.5) is 23.2 Å². The molecule has 118 valence electrons. The molecule has 2 rings (SSSR count).